The Bertz CT molecular complexity index is 385. The summed E-state index contributed by atoms with van der Waals surface area (Å²) in [6.45, 7) is 5.45. The SMILES string of the molecule is C[Si](C)(C)Oc1cccc(N)c1C(F)(F)F. The van der Waals surface area contributed by atoms with Crippen LogP contribution in [0.4, 0.5) is 18.9 Å². The number of rotatable bonds is 2. The number of anilines is 1. The van der Waals surface area contributed by atoms with Crippen molar-refractivity contribution in [1.82, 2.24) is 0 Å². The quantitative estimate of drug-likeness (QED) is 0.643. The molecule has 2 N–H and O–H groups in total. The number of benzene rings is 1. The van der Waals surface area contributed by atoms with Crippen LogP contribution < -0.4 is 10.2 Å². The lowest BCUT2D eigenvalue weighted by atomic mass is 10.1. The Hall–Kier alpha value is -1.17. The van der Waals surface area contributed by atoms with Gasteiger partial charge in [0.15, 0.2) is 0 Å². The molecule has 6 heteroatoms. The third-order valence-electron chi connectivity index (χ3n) is 1.76. The molecule has 0 saturated heterocycles. The van der Waals surface area contributed by atoms with E-state index in [-0.39, 0.29) is 11.4 Å². The highest BCUT2D eigenvalue weighted by atomic mass is 28.4. The number of hydrogen-bond donors (Lipinski definition) is 1. The van der Waals surface area contributed by atoms with E-state index < -0.39 is 20.1 Å². The lowest BCUT2D eigenvalue weighted by molar-refractivity contribution is -0.137. The van der Waals surface area contributed by atoms with Crippen molar-refractivity contribution in [2.24, 2.45) is 0 Å². The monoisotopic (exact) mass is 249 g/mol. The third kappa shape index (κ3) is 3.16. The Morgan fingerprint density at radius 2 is 1.75 bits per heavy atom. The van der Waals surface area contributed by atoms with Gasteiger partial charge in [0.2, 0.25) is 8.32 Å². The first kappa shape index (κ1) is 12.9. The molecule has 0 aromatic heterocycles. The molecule has 2 nitrogen and oxygen atoms in total. The summed E-state index contributed by atoms with van der Waals surface area (Å²) in [5.74, 6) is -0.174. The van der Waals surface area contributed by atoms with E-state index >= 15 is 0 Å². The maximum Gasteiger partial charge on any atom is 0.421 e. The molecular formula is C10H14F3NOSi. The molecule has 0 heterocycles. The summed E-state index contributed by atoms with van der Waals surface area (Å²) >= 11 is 0. The second-order valence-electron chi connectivity index (χ2n) is 4.43. The van der Waals surface area contributed by atoms with Gasteiger partial charge < -0.3 is 10.2 Å². The van der Waals surface area contributed by atoms with Crippen molar-refractivity contribution in [2.75, 3.05) is 5.73 Å². The number of nitrogen functional groups attached to an aromatic ring is 1. The van der Waals surface area contributed by atoms with E-state index in [1.807, 2.05) is 19.6 Å². The predicted molar refractivity (Wildman–Crippen MR) is 59.8 cm³/mol. The molecule has 0 aliphatic heterocycles. The van der Waals surface area contributed by atoms with Gasteiger partial charge in [0, 0.05) is 5.69 Å². The average molecular weight is 249 g/mol. The predicted octanol–water partition coefficient (Wildman–Crippen LogP) is 3.50. The molecule has 0 unspecified atom stereocenters. The van der Waals surface area contributed by atoms with Crippen molar-refractivity contribution in [3.05, 3.63) is 23.8 Å². The van der Waals surface area contributed by atoms with Crippen molar-refractivity contribution in [3.63, 3.8) is 0 Å². The summed E-state index contributed by atoms with van der Waals surface area (Å²) in [7, 11) is -2.09. The first-order chi connectivity index (χ1) is 7.11. The molecule has 16 heavy (non-hydrogen) atoms. The topological polar surface area (TPSA) is 35.2 Å². The molecular weight excluding hydrogens is 235 g/mol. The Labute approximate surface area is 93.3 Å². The highest BCUT2D eigenvalue weighted by Gasteiger charge is 2.37. The van der Waals surface area contributed by atoms with Gasteiger partial charge in [-0.1, -0.05) is 6.07 Å². The van der Waals surface area contributed by atoms with Crippen LogP contribution in [-0.2, 0) is 6.18 Å². The number of alkyl halides is 3. The standard InChI is InChI=1S/C10H14F3NOSi/c1-16(2,3)15-8-6-4-5-7(14)9(8)10(11,12)13/h4-6H,14H2,1-3H3. The molecule has 0 bridgehead atoms. The highest BCUT2D eigenvalue weighted by Crippen LogP contribution is 2.40. The zero-order chi connectivity index (χ0) is 12.6. The molecule has 1 aromatic rings. The molecule has 0 spiro atoms. The van der Waals surface area contributed by atoms with Crippen molar-refractivity contribution < 1.29 is 17.6 Å². The average Bonchev–Trinajstić information content (AvgIpc) is 1.97. The summed E-state index contributed by atoms with van der Waals surface area (Å²) in [5, 5.41) is 0. The molecule has 1 aromatic carbocycles. The Balaban J connectivity index is 3.24. The summed E-state index contributed by atoms with van der Waals surface area (Å²) in [5.41, 5.74) is 4.16. The fraction of sp³-hybridized carbons (Fsp3) is 0.400. The minimum atomic E-state index is -4.49. The van der Waals surface area contributed by atoms with Crippen LogP contribution in [0.1, 0.15) is 5.56 Å². The Kier molecular flexibility index (Phi) is 3.23. The highest BCUT2D eigenvalue weighted by molar-refractivity contribution is 6.70. The summed E-state index contributed by atoms with van der Waals surface area (Å²) in [6.07, 6.45) is -4.49. The second-order valence-corrected chi connectivity index (χ2v) is 8.86. The Morgan fingerprint density at radius 1 is 1.19 bits per heavy atom. The van der Waals surface area contributed by atoms with Gasteiger partial charge in [0.25, 0.3) is 0 Å². The normalized spacial score (nSPS) is 12.6. The lowest BCUT2D eigenvalue weighted by Gasteiger charge is -2.23. The largest absolute Gasteiger partial charge is 0.544 e. The minimum absolute atomic E-state index is 0.174. The van der Waals surface area contributed by atoms with E-state index in [0.29, 0.717) is 0 Å². The van der Waals surface area contributed by atoms with E-state index in [2.05, 4.69) is 0 Å². The van der Waals surface area contributed by atoms with Crippen molar-refractivity contribution in [3.8, 4) is 5.75 Å². The van der Waals surface area contributed by atoms with Crippen LogP contribution >= 0.6 is 0 Å². The first-order valence-corrected chi connectivity index (χ1v) is 8.17. The minimum Gasteiger partial charge on any atom is -0.544 e. The lowest BCUT2D eigenvalue weighted by Crippen LogP contribution is -2.30. The molecule has 0 atom stereocenters. The number of nitrogens with two attached hydrogens (primary N) is 1. The number of hydrogen-bond acceptors (Lipinski definition) is 2. The van der Waals surface area contributed by atoms with E-state index in [0.717, 1.165) is 0 Å². The van der Waals surface area contributed by atoms with Crippen LogP contribution in [0.25, 0.3) is 0 Å². The third-order valence-corrected chi connectivity index (χ3v) is 2.59. The van der Waals surface area contributed by atoms with Crippen molar-refractivity contribution in [2.45, 2.75) is 25.8 Å². The van der Waals surface area contributed by atoms with Crippen LogP contribution in [0, 0.1) is 0 Å². The van der Waals surface area contributed by atoms with Crippen LogP contribution in [0.15, 0.2) is 18.2 Å². The molecule has 0 aliphatic carbocycles. The maximum absolute atomic E-state index is 12.7. The van der Waals surface area contributed by atoms with Gasteiger partial charge in [-0.25, -0.2) is 0 Å². The van der Waals surface area contributed by atoms with Gasteiger partial charge >= 0.3 is 6.18 Å². The molecule has 0 amide bonds. The molecule has 0 radical (unpaired) electrons. The Morgan fingerprint density at radius 3 is 2.19 bits per heavy atom. The summed E-state index contributed by atoms with van der Waals surface area (Å²) in [6, 6.07) is 3.98. The summed E-state index contributed by atoms with van der Waals surface area (Å²) < 4.78 is 43.6. The number of halogens is 3. The van der Waals surface area contributed by atoms with Gasteiger partial charge in [-0.3, -0.25) is 0 Å². The molecule has 0 aliphatic rings. The van der Waals surface area contributed by atoms with Crippen LogP contribution in [0.5, 0.6) is 5.75 Å². The van der Waals surface area contributed by atoms with E-state index in [1.54, 1.807) is 0 Å². The second kappa shape index (κ2) is 4.01. The fourth-order valence-electron chi connectivity index (χ4n) is 1.27. The first-order valence-electron chi connectivity index (χ1n) is 4.76. The van der Waals surface area contributed by atoms with Gasteiger partial charge in [-0.05, 0) is 31.8 Å². The van der Waals surface area contributed by atoms with Crippen molar-refractivity contribution >= 4 is 14.0 Å². The smallest absolute Gasteiger partial charge is 0.421 e. The van der Waals surface area contributed by atoms with Crippen LogP contribution in [0.3, 0.4) is 0 Å². The van der Waals surface area contributed by atoms with Crippen LogP contribution in [0.2, 0.25) is 19.6 Å². The van der Waals surface area contributed by atoms with E-state index in [1.165, 1.54) is 18.2 Å². The van der Waals surface area contributed by atoms with E-state index in [9.17, 15) is 13.2 Å². The molecule has 0 saturated carbocycles. The van der Waals surface area contributed by atoms with Gasteiger partial charge in [0.1, 0.15) is 11.3 Å². The van der Waals surface area contributed by atoms with E-state index in [4.69, 9.17) is 10.2 Å². The summed E-state index contributed by atoms with van der Waals surface area (Å²) in [4.78, 5) is 0. The molecule has 1 rings (SSSR count). The van der Waals surface area contributed by atoms with Gasteiger partial charge in [-0.2, -0.15) is 13.2 Å². The zero-order valence-electron chi connectivity index (χ0n) is 9.35. The van der Waals surface area contributed by atoms with Crippen LogP contribution in [-0.4, -0.2) is 8.32 Å². The maximum atomic E-state index is 12.7. The van der Waals surface area contributed by atoms with Crippen molar-refractivity contribution in [1.29, 1.82) is 0 Å². The fourth-order valence-corrected chi connectivity index (χ4v) is 2.10. The van der Waals surface area contributed by atoms with Gasteiger partial charge in [-0.15, -0.1) is 0 Å². The molecule has 0 fully saturated rings. The molecule has 90 valence electrons. The van der Waals surface area contributed by atoms with Gasteiger partial charge in [0.05, 0.1) is 0 Å². The zero-order valence-corrected chi connectivity index (χ0v) is 10.4.